The van der Waals surface area contributed by atoms with Gasteiger partial charge < -0.3 is 10.2 Å². The standard InChI is InChI=1S/C18H25N5/c1-3-16-6-4-5-11-23(16)17-12-14(2)21-18(22-17)20-13-15-7-9-19-10-8-15/h7-10,12,16H,3-6,11,13H2,1-2H3,(H,20,21,22). The van der Waals surface area contributed by atoms with Crippen molar-refractivity contribution in [1.29, 1.82) is 0 Å². The number of rotatable bonds is 5. The van der Waals surface area contributed by atoms with E-state index in [1.807, 2.05) is 19.1 Å². The molecule has 1 aliphatic rings. The molecule has 2 aromatic rings. The van der Waals surface area contributed by atoms with Crippen molar-refractivity contribution in [1.82, 2.24) is 15.0 Å². The number of hydrogen-bond acceptors (Lipinski definition) is 5. The highest BCUT2D eigenvalue weighted by atomic mass is 15.2. The molecule has 0 radical (unpaired) electrons. The maximum Gasteiger partial charge on any atom is 0.225 e. The summed E-state index contributed by atoms with van der Waals surface area (Å²) in [6, 6.07) is 6.71. The maximum atomic E-state index is 4.76. The molecule has 5 nitrogen and oxygen atoms in total. The van der Waals surface area contributed by atoms with Crippen LogP contribution in [0.4, 0.5) is 11.8 Å². The Hall–Kier alpha value is -2.17. The zero-order chi connectivity index (χ0) is 16.1. The first kappa shape index (κ1) is 15.7. The van der Waals surface area contributed by atoms with Crippen LogP contribution in [-0.2, 0) is 6.54 Å². The van der Waals surface area contributed by atoms with E-state index in [0.717, 1.165) is 18.1 Å². The van der Waals surface area contributed by atoms with E-state index in [0.29, 0.717) is 18.5 Å². The minimum Gasteiger partial charge on any atom is -0.353 e. The van der Waals surface area contributed by atoms with Gasteiger partial charge in [0.1, 0.15) is 5.82 Å². The first-order valence-electron chi connectivity index (χ1n) is 8.51. The van der Waals surface area contributed by atoms with E-state index >= 15 is 0 Å². The van der Waals surface area contributed by atoms with Crippen LogP contribution in [0.2, 0.25) is 0 Å². The van der Waals surface area contributed by atoms with Crippen LogP contribution in [0, 0.1) is 6.92 Å². The van der Waals surface area contributed by atoms with E-state index in [1.54, 1.807) is 12.4 Å². The monoisotopic (exact) mass is 311 g/mol. The van der Waals surface area contributed by atoms with E-state index in [4.69, 9.17) is 4.98 Å². The molecule has 122 valence electrons. The third-order valence-electron chi connectivity index (χ3n) is 4.43. The quantitative estimate of drug-likeness (QED) is 0.915. The largest absolute Gasteiger partial charge is 0.353 e. The van der Waals surface area contributed by atoms with Crippen molar-refractivity contribution in [2.45, 2.75) is 52.1 Å². The van der Waals surface area contributed by atoms with E-state index in [-0.39, 0.29) is 0 Å². The van der Waals surface area contributed by atoms with Crippen molar-refractivity contribution in [2.75, 3.05) is 16.8 Å². The third kappa shape index (κ3) is 3.97. The van der Waals surface area contributed by atoms with Gasteiger partial charge in [-0.15, -0.1) is 0 Å². The summed E-state index contributed by atoms with van der Waals surface area (Å²) in [7, 11) is 0. The van der Waals surface area contributed by atoms with Crippen molar-refractivity contribution < 1.29 is 0 Å². The van der Waals surface area contributed by atoms with Crippen molar-refractivity contribution in [3.63, 3.8) is 0 Å². The topological polar surface area (TPSA) is 53.9 Å². The molecule has 0 amide bonds. The van der Waals surface area contributed by atoms with Crippen LogP contribution < -0.4 is 10.2 Å². The lowest BCUT2D eigenvalue weighted by atomic mass is 10.00. The molecule has 5 heteroatoms. The number of nitrogens with one attached hydrogen (secondary N) is 1. The minimum atomic E-state index is 0.603. The Morgan fingerprint density at radius 2 is 2.04 bits per heavy atom. The van der Waals surface area contributed by atoms with Gasteiger partial charge in [-0.3, -0.25) is 4.98 Å². The first-order valence-corrected chi connectivity index (χ1v) is 8.51. The Labute approximate surface area is 138 Å². The van der Waals surface area contributed by atoms with Crippen LogP contribution in [0.25, 0.3) is 0 Å². The predicted octanol–water partition coefficient (Wildman–Crippen LogP) is 3.56. The van der Waals surface area contributed by atoms with E-state index < -0.39 is 0 Å². The van der Waals surface area contributed by atoms with Gasteiger partial charge in [0.05, 0.1) is 0 Å². The summed E-state index contributed by atoms with van der Waals surface area (Å²) >= 11 is 0. The zero-order valence-corrected chi connectivity index (χ0v) is 14.0. The van der Waals surface area contributed by atoms with Crippen LogP contribution in [0.1, 0.15) is 43.9 Å². The first-order chi connectivity index (χ1) is 11.3. The molecule has 1 atom stereocenters. The van der Waals surface area contributed by atoms with Gasteiger partial charge in [0, 0.05) is 43.3 Å². The molecule has 0 spiro atoms. The SMILES string of the molecule is CCC1CCCCN1c1cc(C)nc(NCc2ccncc2)n1. The number of piperidine rings is 1. The molecule has 0 aliphatic carbocycles. The lowest BCUT2D eigenvalue weighted by Crippen LogP contribution is -2.39. The predicted molar refractivity (Wildman–Crippen MR) is 93.6 cm³/mol. The van der Waals surface area contributed by atoms with Crippen molar-refractivity contribution in [3.05, 3.63) is 41.9 Å². The highest BCUT2D eigenvalue weighted by Gasteiger charge is 2.22. The summed E-state index contributed by atoms with van der Waals surface area (Å²) in [6.07, 6.45) is 8.62. The highest BCUT2D eigenvalue weighted by molar-refractivity contribution is 5.46. The second-order valence-corrected chi connectivity index (χ2v) is 6.15. The second kappa shape index (κ2) is 7.40. The second-order valence-electron chi connectivity index (χ2n) is 6.15. The molecule has 1 saturated heterocycles. The van der Waals surface area contributed by atoms with E-state index in [9.17, 15) is 0 Å². The van der Waals surface area contributed by atoms with Crippen molar-refractivity contribution in [3.8, 4) is 0 Å². The number of pyridine rings is 1. The fraction of sp³-hybridized carbons (Fsp3) is 0.500. The number of hydrogen-bond donors (Lipinski definition) is 1. The Kier molecular flexibility index (Phi) is 5.05. The lowest BCUT2D eigenvalue weighted by Gasteiger charge is -2.36. The van der Waals surface area contributed by atoms with Crippen LogP contribution in [0.5, 0.6) is 0 Å². The van der Waals surface area contributed by atoms with Gasteiger partial charge in [-0.25, -0.2) is 4.98 Å². The Balaban J connectivity index is 1.76. The summed E-state index contributed by atoms with van der Waals surface area (Å²) in [5.74, 6) is 1.76. The fourth-order valence-corrected chi connectivity index (χ4v) is 3.19. The van der Waals surface area contributed by atoms with Crippen molar-refractivity contribution in [2.24, 2.45) is 0 Å². The van der Waals surface area contributed by atoms with E-state index in [1.165, 1.54) is 31.2 Å². The molecule has 3 rings (SSSR count). The third-order valence-corrected chi connectivity index (χ3v) is 4.43. The van der Waals surface area contributed by atoms with Gasteiger partial charge in [-0.2, -0.15) is 4.98 Å². The summed E-state index contributed by atoms with van der Waals surface area (Å²) < 4.78 is 0. The Morgan fingerprint density at radius 3 is 2.83 bits per heavy atom. The Morgan fingerprint density at radius 1 is 1.22 bits per heavy atom. The summed E-state index contributed by atoms with van der Waals surface area (Å²) in [4.78, 5) is 15.8. The van der Waals surface area contributed by atoms with Crippen molar-refractivity contribution >= 4 is 11.8 Å². The molecule has 1 aliphatic heterocycles. The molecule has 23 heavy (non-hydrogen) atoms. The molecule has 0 aromatic carbocycles. The Bertz CT molecular complexity index is 629. The smallest absolute Gasteiger partial charge is 0.225 e. The molecule has 0 saturated carbocycles. The molecule has 1 unspecified atom stereocenters. The molecular weight excluding hydrogens is 286 g/mol. The number of anilines is 2. The van der Waals surface area contributed by atoms with Crippen LogP contribution in [-0.4, -0.2) is 27.5 Å². The van der Waals surface area contributed by atoms with Gasteiger partial charge in [-0.1, -0.05) is 6.92 Å². The zero-order valence-electron chi connectivity index (χ0n) is 14.0. The average Bonchev–Trinajstić information content (AvgIpc) is 2.60. The molecule has 2 aromatic heterocycles. The summed E-state index contributed by atoms with van der Waals surface area (Å²) in [5.41, 5.74) is 2.18. The summed E-state index contributed by atoms with van der Waals surface area (Å²) in [6.45, 7) is 6.11. The number of nitrogens with zero attached hydrogens (tertiary/aromatic N) is 4. The lowest BCUT2D eigenvalue weighted by molar-refractivity contribution is 0.446. The molecule has 1 N–H and O–H groups in total. The maximum absolute atomic E-state index is 4.76. The molecule has 3 heterocycles. The average molecular weight is 311 g/mol. The molecular formula is C18H25N5. The van der Waals surface area contributed by atoms with Crippen LogP contribution >= 0.6 is 0 Å². The van der Waals surface area contributed by atoms with Gasteiger partial charge in [0.25, 0.3) is 0 Å². The normalized spacial score (nSPS) is 18.0. The van der Waals surface area contributed by atoms with Gasteiger partial charge in [-0.05, 0) is 50.3 Å². The number of aryl methyl sites for hydroxylation is 1. The van der Waals surface area contributed by atoms with Gasteiger partial charge >= 0.3 is 0 Å². The highest BCUT2D eigenvalue weighted by Crippen LogP contribution is 2.26. The van der Waals surface area contributed by atoms with E-state index in [2.05, 4.69) is 33.2 Å². The van der Waals surface area contributed by atoms with Crippen LogP contribution in [0.3, 0.4) is 0 Å². The fourth-order valence-electron chi connectivity index (χ4n) is 3.19. The summed E-state index contributed by atoms with van der Waals surface area (Å²) in [5, 5.41) is 3.34. The van der Waals surface area contributed by atoms with Gasteiger partial charge in [0.15, 0.2) is 0 Å². The number of aromatic nitrogens is 3. The minimum absolute atomic E-state index is 0.603. The molecule has 0 bridgehead atoms. The molecule has 1 fully saturated rings. The van der Waals surface area contributed by atoms with Crippen LogP contribution in [0.15, 0.2) is 30.6 Å². The van der Waals surface area contributed by atoms with Gasteiger partial charge in [0.2, 0.25) is 5.95 Å².